The van der Waals surface area contributed by atoms with E-state index < -0.39 is 148 Å². The summed E-state index contributed by atoms with van der Waals surface area (Å²) in [6.45, 7) is 14.6. The lowest BCUT2D eigenvalue weighted by atomic mass is 9.86. The van der Waals surface area contributed by atoms with Crippen molar-refractivity contribution in [2.45, 2.75) is 215 Å². The Morgan fingerprint density at radius 1 is 0.671 bits per heavy atom. The van der Waals surface area contributed by atoms with E-state index in [1.165, 1.54) is 14.0 Å². The number of cyclic esters (lactones) is 1. The fourth-order valence-electron chi connectivity index (χ4n) is 9.03. The van der Waals surface area contributed by atoms with E-state index in [0.29, 0.717) is 6.04 Å². The topological polar surface area (TPSA) is 313 Å². The fraction of sp³-hybridized carbons (Fsp3) is 0.691. The molecule has 0 radical (unpaired) electrons. The number of aliphatic hydroxyl groups excluding tert-OH is 9. The molecule has 3 aliphatic rings. The van der Waals surface area contributed by atoms with E-state index >= 15 is 0 Å². The van der Waals surface area contributed by atoms with E-state index in [9.17, 15) is 60.3 Å². The molecule has 0 saturated carbocycles. The minimum atomic E-state index is -1.72. The molecule has 20 nitrogen and oxygen atoms in total. The Labute approximate surface area is 449 Å². The van der Waals surface area contributed by atoms with Gasteiger partial charge in [0.05, 0.1) is 86.2 Å². The molecule has 432 valence electrons. The van der Waals surface area contributed by atoms with Crippen molar-refractivity contribution >= 4 is 26.0 Å². The zero-order valence-electron chi connectivity index (χ0n) is 45.7. The van der Waals surface area contributed by atoms with E-state index in [0.717, 1.165) is 0 Å². The third kappa shape index (κ3) is 23.6. The van der Waals surface area contributed by atoms with Crippen LogP contribution >= 0.6 is 0 Å². The van der Waals surface area contributed by atoms with Crippen molar-refractivity contribution in [1.29, 1.82) is 0 Å². The average molecular weight is 1100 g/mol. The van der Waals surface area contributed by atoms with E-state index in [1.807, 2.05) is 49.5 Å². The van der Waals surface area contributed by atoms with Crippen LogP contribution in [0.5, 0.6) is 0 Å². The summed E-state index contributed by atoms with van der Waals surface area (Å²) in [5.41, 5.74) is 0. The second-order valence-corrected chi connectivity index (χ2v) is 27.3. The summed E-state index contributed by atoms with van der Waals surface area (Å²) in [6, 6.07) is -1.63. The number of methoxy groups -OCH3 is 1. The molecule has 2 fully saturated rings. The average Bonchev–Trinajstić information content (AvgIpc) is 3.33. The van der Waals surface area contributed by atoms with Gasteiger partial charge >= 0.3 is 12.1 Å². The van der Waals surface area contributed by atoms with Gasteiger partial charge in [-0.2, -0.15) is 0 Å². The Morgan fingerprint density at radius 2 is 1.26 bits per heavy atom. The predicted octanol–water partition coefficient (Wildman–Crippen LogP) is 3.28. The molecule has 11 N–H and O–H groups in total. The van der Waals surface area contributed by atoms with Crippen molar-refractivity contribution in [3.05, 3.63) is 85.1 Å². The second-order valence-electron chi connectivity index (χ2n) is 21.6. The SMILES string of the molecule is COC12CC(O)CC(O)C(O)CCC(O)CC(O)CC(=O)OC(C)C(C)C(O)C(C)/C=C/C=C/C=C/C=C/C=C/C=C/C=C/C(OC3OC(C)C(O)C(NC(=O)OCC[Si](C)(C)C)C3O)CC(O1)C(NC(C)=O)C(O)C2. The molecule has 21 heteroatoms. The summed E-state index contributed by atoms with van der Waals surface area (Å²) in [5.74, 6) is -3.67. The second kappa shape index (κ2) is 32.9. The molecule has 3 rings (SSSR count). The van der Waals surface area contributed by atoms with Crippen LogP contribution in [0.15, 0.2) is 85.1 Å². The maximum absolute atomic E-state index is 12.9. The summed E-state index contributed by atoms with van der Waals surface area (Å²) >= 11 is 0. The van der Waals surface area contributed by atoms with Gasteiger partial charge in [0, 0.05) is 59.6 Å². The number of hydrogen-bond acceptors (Lipinski definition) is 18. The molecule has 2 saturated heterocycles. The molecule has 0 aromatic rings. The number of amides is 2. The van der Waals surface area contributed by atoms with Gasteiger partial charge in [0.2, 0.25) is 5.91 Å². The van der Waals surface area contributed by atoms with Crippen LogP contribution in [0.4, 0.5) is 4.79 Å². The first-order valence-corrected chi connectivity index (χ1v) is 30.2. The predicted molar refractivity (Wildman–Crippen MR) is 287 cm³/mol. The monoisotopic (exact) mass is 1090 g/mol. The van der Waals surface area contributed by atoms with Crippen LogP contribution in [0.3, 0.4) is 0 Å². The number of fused-ring (bicyclic) bond motifs is 2. The first-order valence-electron chi connectivity index (χ1n) is 26.5. The zero-order valence-corrected chi connectivity index (χ0v) is 46.7. The van der Waals surface area contributed by atoms with Crippen LogP contribution < -0.4 is 10.6 Å². The zero-order chi connectivity index (χ0) is 56.8. The van der Waals surface area contributed by atoms with Crippen LogP contribution in [-0.4, -0.2) is 189 Å². The van der Waals surface area contributed by atoms with Crippen molar-refractivity contribution in [1.82, 2.24) is 10.6 Å². The summed E-state index contributed by atoms with van der Waals surface area (Å²) in [4.78, 5) is 38.2. The Balaban J connectivity index is 1.96. The van der Waals surface area contributed by atoms with E-state index in [1.54, 1.807) is 63.3 Å². The van der Waals surface area contributed by atoms with E-state index in [-0.39, 0.29) is 51.0 Å². The molecule has 19 atom stereocenters. The van der Waals surface area contributed by atoms with Crippen molar-refractivity contribution in [3.8, 4) is 0 Å². The lowest BCUT2D eigenvalue weighted by molar-refractivity contribution is -0.312. The summed E-state index contributed by atoms with van der Waals surface area (Å²) in [5, 5.41) is 105. The molecule has 0 aliphatic carbocycles. The summed E-state index contributed by atoms with van der Waals surface area (Å²) in [7, 11) is -0.246. The van der Waals surface area contributed by atoms with Gasteiger partial charge in [0.1, 0.15) is 18.3 Å². The van der Waals surface area contributed by atoms with Gasteiger partial charge in [-0.1, -0.05) is 119 Å². The van der Waals surface area contributed by atoms with Crippen LogP contribution in [0, 0.1) is 11.8 Å². The Morgan fingerprint density at radius 3 is 1.84 bits per heavy atom. The standard InChI is InChI=1S/C55H90N2O18Si/c1-34-22-20-18-16-14-12-10-11-13-15-17-19-21-23-42(74-53-52(68)49(51(67)37(4)73-53)57-54(69)71-26-27-76(7,8)9)31-46-48(56-38(5)58)45(64)33-55(70-6,75-46)32-41(61)29-44(63)43(62)25-24-39(59)28-40(60)30-47(65)72-36(3)35(2)50(34)66/h10-23,34-37,39-46,48-53,59-64,66-68H,24-33H2,1-9H3,(H,56,58)(H,57,69)/b11-10+,14-12+,15-13+,18-16+,19-17+,22-20+,23-21+. The largest absolute Gasteiger partial charge is 0.462 e. The fourth-order valence-corrected chi connectivity index (χ4v) is 9.74. The third-order valence-electron chi connectivity index (χ3n) is 13.8. The van der Waals surface area contributed by atoms with Gasteiger partial charge < -0.3 is 85.0 Å². The summed E-state index contributed by atoms with van der Waals surface area (Å²) < 4.78 is 35.7. The normalized spacial score (nSPS) is 40.7. The minimum absolute atomic E-state index is 0.0767. The van der Waals surface area contributed by atoms with E-state index in [2.05, 4.69) is 30.3 Å². The smallest absolute Gasteiger partial charge is 0.407 e. The van der Waals surface area contributed by atoms with Crippen LogP contribution in [0.1, 0.15) is 86.0 Å². The van der Waals surface area contributed by atoms with Gasteiger partial charge in [-0.05, 0) is 39.2 Å². The number of carbonyl (C=O) groups excluding carboxylic acids is 3. The number of carbonyl (C=O) groups is 3. The number of rotatable bonds is 8. The minimum Gasteiger partial charge on any atom is -0.462 e. The Hall–Kier alpha value is -3.91. The number of allylic oxidation sites excluding steroid dienone is 12. The molecule has 19 unspecified atom stereocenters. The number of ether oxygens (including phenoxy) is 6. The highest BCUT2D eigenvalue weighted by atomic mass is 28.3. The Bertz CT molecular complexity index is 1980. The number of esters is 1. The molecule has 0 aromatic carbocycles. The molecule has 3 aliphatic heterocycles. The van der Waals surface area contributed by atoms with Gasteiger partial charge in [0.15, 0.2) is 12.1 Å². The molecular weight excluding hydrogens is 1000 g/mol. The highest BCUT2D eigenvalue weighted by molar-refractivity contribution is 6.76. The van der Waals surface area contributed by atoms with Crippen LogP contribution in [-0.2, 0) is 38.0 Å². The van der Waals surface area contributed by atoms with Crippen molar-refractivity contribution in [3.63, 3.8) is 0 Å². The first-order chi connectivity index (χ1) is 35.7. The number of alkyl carbamates (subject to hydrolysis) is 1. The quantitative estimate of drug-likeness (QED) is 0.123. The third-order valence-corrected chi connectivity index (χ3v) is 15.5. The van der Waals surface area contributed by atoms with Crippen molar-refractivity contribution in [2.75, 3.05) is 13.7 Å². The molecule has 76 heavy (non-hydrogen) atoms. The summed E-state index contributed by atoms with van der Waals surface area (Å²) in [6.07, 6.45) is 4.88. The van der Waals surface area contributed by atoms with Crippen LogP contribution in [0.25, 0.3) is 0 Å². The van der Waals surface area contributed by atoms with Gasteiger partial charge in [-0.3, -0.25) is 9.59 Å². The molecule has 0 spiro atoms. The molecule has 2 amide bonds. The number of aliphatic hydroxyl groups is 9. The van der Waals surface area contributed by atoms with Gasteiger partial charge in [-0.15, -0.1) is 0 Å². The van der Waals surface area contributed by atoms with Crippen molar-refractivity contribution in [2.24, 2.45) is 11.8 Å². The number of hydrogen-bond donors (Lipinski definition) is 11. The van der Waals surface area contributed by atoms with Crippen LogP contribution in [0.2, 0.25) is 25.7 Å². The number of nitrogens with one attached hydrogen (secondary N) is 2. The molecule has 0 aromatic heterocycles. The highest BCUT2D eigenvalue weighted by Crippen LogP contribution is 2.37. The highest BCUT2D eigenvalue weighted by Gasteiger charge is 2.50. The maximum atomic E-state index is 12.9. The molecular formula is C55H90N2O18Si. The van der Waals surface area contributed by atoms with Crippen molar-refractivity contribution < 1.29 is 88.8 Å². The molecule has 3 heterocycles. The lowest BCUT2D eigenvalue weighted by Gasteiger charge is -2.48. The van der Waals surface area contributed by atoms with E-state index in [4.69, 9.17) is 28.4 Å². The maximum Gasteiger partial charge on any atom is 0.407 e. The van der Waals surface area contributed by atoms with Gasteiger partial charge in [0.25, 0.3) is 0 Å². The van der Waals surface area contributed by atoms with Gasteiger partial charge in [-0.25, -0.2) is 4.79 Å². The molecule has 2 bridgehead atoms. The Kier molecular flexibility index (Phi) is 28.7. The lowest BCUT2D eigenvalue weighted by Crippen LogP contribution is -2.64. The first kappa shape index (κ1) is 66.4.